The van der Waals surface area contributed by atoms with Gasteiger partial charge >= 0.3 is 6.09 Å². The van der Waals surface area contributed by atoms with Crippen LogP contribution in [-0.4, -0.2) is 46.6 Å². The summed E-state index contributed by atoms with van der Waals surface area (Å²) in [6.07, 6.45) is 1.92. The minimum absolute atomic E-state index is 0.230. The summed E-state index contributed by atoms with van der Waals surface area (Å²) in [5, 5.41) is 11.7. The van der Waals surface area contributed by atoms with Crippen LogP contribution in [-0.2, 0) is 9.53 Å². The van der Waals surface area contributed by atoms with E-state index in [4.69, 9.17) is 10.5 Å². The largest absolute Gasteiger partial charge is 0.444 e. The lowest BCUT2D eigenvalue weighted by molar-refractivity contribution is -0.115. The Balaban J connectivity index is 1.74. The lowest BCUT2D eigenvalue weighted by Crippen LogP contribution is -2.37. The molecule has 0 aliphatic heterocycles. The van der Waals surface area contributed by atoms with Crippen LogP contribution in [0.2, 0.25) is 0 Å². The summed E-state index contributed by atoms with van der Waals surface area (Å²) in [5.41, 5.74) is 7.85. The molecule has 11 nitrogen and oxygen atoms in total. The summed E-state index contributed by atoms with van der Waals surface area (Å²) in [4.78, 5) is 44.5. The highest BCUT2D eigenvalue weighted by Gasteiger charge is 2.17. The molecule has 1 heterocycles. The Bertz CT molecular complexity index is 1290. The maximum atomic E-state index is 12.4. The zero-order valence-corrected chi connectivity index (χ0v) is 21.9. The first-order valence-corrected chi connectivity index (χ1v) is 12.2. The van der Waals surface area contributed by atoms with Crippen LogP contribution in [0.25, 0.3) is 11.1 Å². The molecule has 0 saturated carbocycles. The number of aromatic nitrogens is 2. The van der Waals surface area contributed by atoms with Gasteiger partial charge in [-0.25, -0.2) is 9.78 Å². The van der Waals surface area contributed by atoms with Crippen LogP contribution in [0.4, 0.5) is 27.9 Å². The number of nitrogens with two attached hydrogens (primary N) is 1. The first kappa shape index (κ1) is 27.9. The molecule has 1 aromatic heterocycles. The molecule has 200 valence electrons. The summed E-state index contributed by atoms with van der Waals surface area (Å²) in [7, 11) is 0. The number of nitrogens with one attached hydrogen (secondary N) is 4. The van der Waals surface area contributed by atoms with Gasteiger partial charge in [0, 0.05) is 35.2 Å². The summed E-state index contributed by atoms with van der Waals surface area (Å²) >= 11 is 0. The van der Waals surface area contributed by atoms with Crippen LogP contribution in [0.1, 0.15) is 44.5 Å². The van der Waals surface area contributed by atoms with E-state index in [1.54, 1.807) is 63.4 Å². The van der Waals surface area contributed by atoms with Crippen LogP contribution in [0.5, 0.6) is 0 Å². The van der Waals surface area contributed by atoms with Crippen LogP contribution >= 0.6 is 0 Å². The quantitative estimate of drug-likeness (QED) is 0.265. The van der Waals surface area contributed by atoms with Crippen molar-refractivity contribution in [2.45, 2.75) is 39.7 Å². The van der Waals surface area contributed by atoms with Crippen molar-refractivity contribution in [3.05, 3.63) is 60.3 Å². The molecule has 38 heavy (non-hydrogen) atoms. The Morgan fingerprint density at radius 1 is 1.03 bits per heavy atom. The standard InChI is InChI=1S/C27H33N7O4/c1-5-13-29-24-21(15-30-25(34-24)33-19-11-9-17(10-12-19)23(28)36)18-7-6-8-20(14-18)32-22(35)16-31-26(37)38-27(2,3)4/h6-12,14-15H,5,13,16H2,1-4H3,(H2,28,36)(H,31,37)(H,32,35)(H2,29,30,33,34). The third-order valence-electron chi connectivity index (χ3n) is 5.01. The Labute approximate surface area is 221 Å². The number of rotatable bonds is 10. The number of alkyl carbamates (subject to hydrolysis) is 1. The fourth-order valence-electron chi connectivity index (χ4n) is 3.31. The predicted octanol–water partition coefficient (Wildman–Crippen LogP) is 4.27. The first-order chi connectivity index (χ1) is 18.0. The second kappa shape index (κ2) is 12.5. The van der Waals surface area contributed by atoms with Gasteiger partial charge in [0.15, 0.2) is 0 Å². The second-order valence-electron chi connectivity index (χ2n) is 9.43. The normalized spacial score (nSPS) is 10.8. The third-order valence-corrected chi connectivity index (χ3v) is 5.01. The first-order valence-electron chi connectivity index (χ1n) is 12.2. The Morgan fingerprint density at radius 2 is 1.76 bits per heavy atom. The van der Waals surface area contributed by atoms with Gasteiger partial charge in [0.25, 0.3) is 0 Å². The summed E-state index contributed by atoms with van der Waals surface area (Å²) in [6, 6.07) is 13.9. The molecule has 2 aromatic carbocycles. The van der Waals surface area contributed by atoms with Gasteiger partial charge in [-0.05, 0) is 69.2 Å². The minimum atomic E-state index is -0.664. The van der Waals surface area contributed by atoms with E-state index in [0.29, 0.717) is 35.2 Å². The smallest absolute Gasteiger partial charge is 0.408 e. The molecule has 0 saturated heterocycles. The molecule has 0 fully saturated rings. The number of hydrogen-bond donors (Lipinski definition) is 5. The SMILES string of the molecule is CCCNc1nc(Nc2ccc(C(N)=O)cc2)ncc1-c1cccc(NC(=O)CNC(=O)OC(C)(C)C)c1. The molecule has 0 aliphatic carbocycles. The van der Waals surface area contributed by atoms with E-state index in [9.17, 15) is 14.4 Å². The molecule has 0 unspecified atom stereocenters. The molecule has 0 radical (unpaired) electrons. The van der Waals surface area contributed by atoms with Gasteiger partial charge < -0.3 is 31.7 Å². The maximum Gasteiger partial charge on any atom is 0.408 e. The summed E-state index contributed by atoms with van der Waals surface area (Å²) in [6.45, 7) is 7.76. The predicted molar refractivity (Wildman–Crippen MR) is 147 cm³/mol. The molecule has 3 aromatic rings. The molecule has 0 aliphatic rings. The van der Waals surface area contributed by atoms with Crippen molar-refractivity contribution in [2.75, 3.05) is 29.0 Å². The Morgan fingerprint density at radius 3 is 2.42 bits per heavy atom. The van der Waals surface area contributed by atoms with E-state index in [1.807, 2.05) is 12.1 Å². The summed E-state index contributed by atoms with van der Waals surface area (Å²) < 4.78 is 5.15. The van der Waals surface area contributed by atoms with E-state index < -0.39 is 23.5 Å². The van der Waals surface area contributed by atoms with Crippen molar-refractivity contribution in [1.82, 2.24) is 15.3 Å². The summed E-state index contributed by atoms with van der Waals surface area (Å²) in [5.74, 6) is 0.0986. The lowest BCUT2D eigenvalue weighted by atomic mass is 10.1. The number of ether oxygens (including phenoxy) is 1. The Kier molecular flexibility index (Phi) is 9.20. The van der Waals surface area contributed by atoms with Gasteiger partial charge in [-0.15, -0.1) is 0 Å². The fraction of sp³-hybridized carbons (Fsp3) is 0.296. The topological polar surface area (TPSA) is 160 Å². The highest BCUT2D eigenvalue weighted by Crippen LogP contribution is 2.29. The maximum absolute atomic E-state index is 12.4. The van der Waals surface area contributed by atoms with Gasteiger partial charge in [-0.2, -0.15) is 4.98 Å². The monoisotopic (exact) mass is 519 g/mol. The van der Waals surface area contributed by atoms with Crippen LogP contribution < -0.4 is 27.0 Å². The van der Waals surface area contributed by atoms with Crippen LogP contribution in [0, 0.1) is 0 Å². The zero-order chi connectivity index (χ0) is 27.7. The van der Waals surface area contributed by atoms with E-state index in [1.165, 1.54) is 0 Å². The highest BCUT2D eigenvalue weighted by atomic mass is 16.6. The van der Waals surface area contributed by atoms with Crippen molar-refractivity contribution in [3.63, 3.8) is 0 Å². The van der Waals surface area contributed by atoms with Gasteiger partial charge in [-0.1, -0.05) is 19.1 Å². The van der Waals surface area contributed by atoms with Crippen molar-refractivity contribution in [1.29, 1.82) is 0 Å². The van der Waals surface area contributed by atoms with Crippen molar-refractivity contribution in [3.8, 4) is 11.1 Å². The average molecular weight is 520 g/mol. The van der Waals surface area contributed by atoms with E-state index >= 15 is 0 Å². The van der Waals surface area contributed by atoms with Gasteiger partial charge in [0.2, 0.25) is 17.8 Å². The number of anilines is 4. The molecule has 3 rings (SSSR count). The average Bonchev–Trinajstić information content (AvgIpc) is 2.86. The Hall–Kier alpha value is -4.67. The molecule has 11 heteroatoms. The second-order valence-corrected chi connectivity index (χ2v) is 9.43. The highest BCUT2D eigenvalue weighted by molar-refractivity contribution is 5.95. The number of hydrogen-bond acceptors (Lipinski definition) is 8. The van der Waals surface area contributed by atoms with E-state index in [-0.39, 0.29) is 6.54 Å². The molecule has 0 atom stereocenters. The molecule has 6 N–H and O–H groups in total. The molecular weight excluding hydrogens is 486 g/mol. The number of primary amides is 1. The lowest BCUT2D eigenvalue weighted by Gasteiger charge is -2.19. The number of amides is 3. The van der Waals surface area contributed by atoms with E-state index in [2.05, 4.69) is 38.2 Å². The molecule has 0 bridgehead atoms. The fourth-order valence-corrected chi connectivity index (χ4v) is 3.31. The van der Waals surface area contributed by atoms with Crippen molar-refractivity contribution < 1.29 is 19.1 Å². The van der Waals surface area contributed by atoms with Crippen molar-refractivity contribution >= 4 is 41.0 Å². The number of nitrogens with zero attached hydrogens (tertiary/aromatic N) is 2. The zero-order valence-electron chi connectivity index (χ0n) is 21.9. The van der Waals surface area contributed by atoms with Gasteiger partial charge in [-0.3, -0.25) is 9.59 Å². The third kappa shape index (κ3) is 8.47. The van der Waals surface area contributed by atoms with Crippen LogP contribution in [0.15, 0.2) is 54.7 Å². The molecular formula is C27H33N7O4. The molecule has 0 spiro atoms. The van der Waals surface area contributed by atoms with Gasteiger partial charge in [0.1, 0.15) is 18.0 Å². The van der Waals surface area contributed by atoms with E-state index in [0.717, 1.165) is 17.5 Å². The van der Waals surface area contributed by atoms with Crippen LogP contribution in [0.3, 0.4) is 0 Å². The van der Waals surface area contributed by atoms with Crippen molar-refractivity contribution in [2.24, 2.45) is 5.73 Å². The molecule has 3 amide bonds. The number of carbonyl (C=O) groups excluding carboxylic acids is 3. The minimum Gasteiger partial charge on any atom is -0.444 e. The number of benzene rings is 2. The van der Waals surface area contributed by atoms with Gasteiger partial charge in [0.05, 0.1) is 0 Å². The number of carbonyl (C=O) groups is 3.